The van der Waals surface area contributed by atoms with Crippen LogP contribution in [-0.2, 0) is 21.4 Å². The summed E-state index contributed by atoms with van der Waals surface area (Å²) in [5.74, 6) is -0.192. The number of hydrogen-bond acceptors (Lipinski definition) is 4. The van der Waals surface area contributed by atoms with Gasteiger partial charge in [0.05, 0.1) is 18.0 Å². The maximum absolute atomic E-state index is 13.2. The highest BCUT2D eigenvalue weighted by Crippen LogP contribution is 2.45. The molecule has 6 nitrogen and oxygen atoms in total. The predicted octanol–water partition coefficient (Wildman–Crippen LogP) is 3.60. The van der Waals surface area contributed by atoms with E-state index >= 15 is 0 Å². The molecule has 1 saturated heterocycles. The molecular weight excluding hydrogens is 342 g/mol. The summed E-state index contributed by atoms with van der Waals surface area (Å²) in [4.78, 5) is 25.2. The van der Waals surface area contributed by atoms with Crippen LogP contribution in [0.1, 0.15) is 44.2 Å². The second kappa shape index (κ2) is 6.83. The van der Waals surface area contributed by atoms with Crippen molar-refractivity contribution in [2.24, 2.45) is 13.0 Å². The predicted molar refractivity (Wildman–Crippen MR) is 102 cm³/mol. The summed E-state index contributed by atoms with van der Waals surface area (Å²) >= 11 is 0. The van der Waals surface area contributed by atoms with Gasteiger partial charge in [0.2, 0.25) is 5.91 Å². The Morgan fingerprint density at radius 1 is 1.22 bits per heavy atom. The van der Waals surface area contributed by atoms with Crippen LogP contribution in [0.15, 0.2) is 30.3 Å². The summed E-state index contributed by atoms with van der Waals surface area (Å²) in [5, 5.41) is 7.55. The van der Waals surface area contributed by atoms with Crippen LogP contribution in [0.4, 0.5) is 5.82 Å². The van der Waals surface area contributed by atoms with Crippen molar-refractivity contribution in [3.63, 3.8) is 0 Å². The number of esters is 1. The van der Waals surface area contributed by atoms with Gasteiger partial charge in [-0.3, -0.25) is 14.3 Å². The number of aromatic nitrogens is 2. The summed E-state index contributed by atoms with van der Waals surface area (Å²) in [6.07, 6.45) is 4.82. The number of carbonyl (C=O) groups is 2. The fraction of sp³-hybridized carbons (Fsp3) is 0.476. The number of benzene rings is 1. The van der Waals surface area contributed by atoms with E-state index in [-0.39, 0.29) is 18.3 Å². The minimum atomic E-state index is -0.625. The van der Waals surface area contributed by atoms with Crippen molar-refractivity contribution >= 4 is 17.7 Å². The molecule has 2 heterocycles. The van der Waals surface area contributed by atoms with Crippen LogP contribution < -0.4 is 5.32 Å². The van der Waals surface area contributed by atoms with E-state index in [2.05, 4.69) is 10.4 Å². The van der Waals surface area contributed by atoms with Crippen molar-refractivity contribution < 1.29 is 14.3 Å². The number of nitrogens with one attached hydrogen (secondary N) is 1. The molecule has 1 aliphatic carbocycles. The van der Waals surface area contributed by atoms with Gasteiger partial charge in [-0.2, -0.15) is 5.10 Å². The van der Waals surface area contributed by atoms with Crippen LogP contribution in [0.3, 0.4) is 0 Å². The average Bonchev–Trinajstić information content (AvgIpc) is 3.12. The zero-order valence-electron chi connectivity index (χ0n) is 15.8. The topological polar surface area (TPSA) is 73.2 Å². The quantitative estimate of drug-likeness (QED) is 0.841. The van der Waals surface area contributed by atoms with E-state index in [0.29, 0.717) is 5.82 Å². The van der Waals surface area contributed by atoms with Crippen molar-refractivity contribution in [3.8, 4) is 11.1 Å². The van der Waals surface area contributed by atoms with Crippen LogP contribution in [-0.4, -0.2) is 27.3 Å². The summed E-state index contributed by atoms with van der Waals surface area (Å²) in [6, 6.07) is 9.90. The van der Waals surface area contributed by atoms with E-state index in [4.69, 9.17) is 4.74 Å². The maximum atomic E-state index is 13.2. The molecule has 0 radical (unpaired) electrons. The molecule has 1 aliphatic heterocycles. The van der Waals surface area contributed by atoms with E-state index in [1.165, 1.54) is 0 Å². The second-order valence-electron chi connectivity index (χ2n) is 7.64. The van der Waals surface area contributed by atoms with Gasteiger partial charge in [0, 0.05) is 12.6 Å². The highest BCUT2D eigenvalue weighted by atomic mass is 16.6. The van der Waals surface area contributed by atoms with Crippen LogP contribution in [0.25, 0.3) is 11.1 Å². The van der Waals surface area contributed by atoms with Gasteiger partial charge in [-0.15, -0.1) is 0 Å². The largest absolute Gasteiger partial charge is 0.458 e. The lowest BCUT2D eigenvalue weighted by Gasteiger charge is -2.36. The first-order valence-corrected chi connectivity index (χ1v) is 9.62. The molecule has 2 fully saturated rings. The number of anilines is 1. The first kappa shape index (κ1) is 17.8. The number of ether oxygens (including phenoxy) is 1. The van der Waals surface area contributed by atoms with Gasteiger partial charge in [0.1, 0.15) is 11.4 Å². The molecule has 1 amide bonds. The minimum Gasteiger partial charge on any atom is -0.458 e. The minimum absolute atomic E-state index is 0.150. The third kappa shape index (κ3) is 3.13. The molecule has 2 aliphatic rings. The molecule has 1 spiro atoms. The lowest BCUT2D eigenvalue weighted by molar-refractivity contribution is -0.153. The van der Waals surface area contributed by atoms with E-state index < -0.39 is 11.5 Å². The van der Waals surface area contributed by atoms with Crippen molar-refractivity contribution in [2.75, 3.05) is 5.32 Å². The molecule has 0 bridgehead atoms. The average molecular weight is 367 g/mol. The maximum Gasteiger partial charge on any atom is 0.307 e. The van der Waals surface area contributed by atoms with Crippen LogP contribution in [0.5, 0.6) is 0 Å². The Morgan fingerprint density at radius 2 is 1.93 bits per heavy atom. The van der Waals surface area contributed by atoms with E-state index in [1.807, 2.05) is 44.3 Å². The number of carbonyl (C=O) groups excluding carboxylic acids is 2. The normalized spacial score (nSPS) is 21.3. The molecule has 1 unspecified atom stereocenters. The van der Waals surface area contributed by atoms with Gasteiger partial charge < -0.3 is 10.1 Å². The van der Waals surface area contributed by atoms with Gasteiger partial charge in [-0.1, -0.05) is 36.8 Å². The van der Waals surface area contributed by atoms with Gasteiger partial charge >= 0.3 is 5.97 Å². The third-order valence-corrected chi connectivity index (χ3v) is 5.87. The zero-order chi connectivity index (χ0) is 19.0. The Labute approximate surface area is 158 Å². The Kier molecular flexibility index (Phi) is 4.50. The molecule has 1 N–H and O–H groups in total. The summed E-state index contributed by atoms with van der Waals surface area (Å²) in [5.41, 5.74) is 2.14. The molecule has 2 aromatic rings. The third-order valence-electron chi connectivity index (χ3n) is 5.87. The Balaban J connectivity index is 1.65. The highest BCUT2D eigenvalue weighted by Gasteiger charge is 2.53. The number of amides is 1. The Hall–Kier alpha value is -2.63. The van der Waals surface area contributed by atoms with Gasteiger partial charge in [-0.05, 0) is 38.2 Å². The van der Waals surface area contributed by atoms with Crippen LogP contribution >= 0.6 is 0 Å². The molecule has 1 aromatic carbocycles. The SMILES string of the molecule is Cc1nn(C)c(NC(=O)C2CC(=O)OC23CCCCC3)c1-c1ccccc1. The van der Waals surface area contributed by atoms with Crippen molar-refractivity contribution in [2.45, 2.75) is 51.0 Å². The fourth-order valence-electron chi connectivity index (χ4n) is 4.58. The number of hydrogen-bond donors (Lipinski definition) is 1. The molecule has 1 aromatic heterocycles. The monoisotopic (exact) mass is 367 g/mol. The van der Waals surface area contributed by atoms with Gasteiger partial charge in [-0.25, -0.2) is 0 Å². The number of aryl methyl sites for hydroxylation is 2. The Morgan fingerprint density at radius 3 is 2.63 bits per heavy atom. The van der Waals surface area contributed by atoms with Crippen molar-refractivity contribution in [1.29, 1.82) is 0 Å². The first-order chi connectivity index (χ1) is 13.0. The number of rotatable bonds is 3. The van der Waals surface area contributed by atoms with Crippen molar-refractivity contribution in [1.82, 2.24) is 9.78 Å². The second-order valence-corrected chi connectivity index (χ2v) is 7.64. The van der Waals surface area contributed by atoms with Crippen molar-refractivity contribution in [3.05, 3.63) is 36.0 Å². The molecular formula is C21H25N3O3. The summed E-state index contributed by atoms with van der Waals surface area (Å²) in [6.45, 7) is 1.93. The summed E-state index contributed by atoms with van der Waals surface area (Å²) < 4.78 is 7.38. The molecule has 6 heteroatoms. The van der Waals surface area contributed by atoms with E-state index in [0.717, 1.165) is 48.9 Å². The smallest absolute Gasteiger partial charge is 0.307 e. The standard InChI is InChI=1S/C21H25N3O3/c1-14-18(15-9-5-3-6-10-15)19(24(2)23-14)22-20(26)16-13-17(25)27-21(16)11-7-4-8-12-21/h3,5-6,9-10,16H,4,7-8,11-13H2,1-2H3,(H,22,26). The lowest BCUT2D eigenvalue weighted by Crippen LogP contribution is -2.43. The molecule has 142 valence electrons. The first-order valence-electron chi connectivity index (χ1n) is 9.62. The van der Waals surface area contributed by atoms with E-state index in [1.54, 1.807) is 4.68 Å². The fourth-order valence-corrected chi connectivity index (χ4v) is 4.58. The van der Waals surface area contributed by atoms with Gasteiger partial charge in [0.15, 0.2) is 0 Å². The van der Waals surface area contributed by atoms with E-state index in [9.17, 15) is 9.59 Å². The lowest BCUT2D eigenvalue weighted by atomic mass is 9.75. The van der Waals surface area contributed by atoms with Crippen LogP contribution in [0.2, 0.25) is 0 Å². The molecule has 4 rings (SSSR count). The number of nitrogens with zero attached hydrogens (tertiary/aromatic N) is 2. The van der Waals surface area contributed by atoms with Crippen LogP contribution in [0, 0.1) is 12.8 Å². The van der Waals surface area contributed by atoms with Gasteiger partial charge in [0.25, 0.3) is 0 Å². The summed E-state index contributed by atoms with van der Waals surface area (Å²) in [7, 11) is 1.82. The molecule has 1 atom stereocenters. The molecule has 27 heavy (non-hydrogen) atoms. The highest BCUT2D eigenvalue weighted by molar-refractivity contribution is 5.99. The molecule has 1 saturated carbocycles. The zero-order valence-corrected chi connectivity index (χ0v) is 15.8. The Bertz CT molecular complexity index is 866.